The van der Waals surface area contributed by atoms with Crippen molar-refractivity contribution < 1.29 is 4.79 Å². The molecule has 0 unspecified atom stereocenters. The summed E-state index contributed by atoms with van der Waals surface area (Å²) in [5.74, 6) is 1.77. The molecule has 1 aromatic heterocycles. The second-order valence-electron chi connectivity index (χ2n) is 5.58. The fourth-order valence-electron chi connectivity index (χ4n) is 2.34. The van der Waals surface area contributed by atoms with Crippen LogP contribution in [-0.4, -0.2) is 40.0 Å². The van der Waals surface area contributed by atoms with E-state index in [-0.39, 0.29) is 5.91 Å². The van der Waals surface area contributed by atoms with E-state index in [4.69, 9.17) is 0 Å². The molecule has 1 aliphatic heterocycles. The summed E-state index contributed by atoms with van der Waals surface area (Å²) in [6.45, 7) is 8.28. The number of likely N-dealkylation sites (tertiary alicyclic amines) is 1. The molecule has 106 valence electrons. The van der Waals surface area contributed by atoms with Gasteiger partial charge in [0, 0.05) is 25.5 Å². The summed E-state index contributed by atoms with van der Waals surface area (Å²) < 4.78 is 1.95. The molecule has 0 aromatic carbocycles. The summed E-state index contributed by atoms with van der Waals surface area (Å²) in [4.78, 5) is 18.4. The summed E-state index contributed by atoms with van der Waals surface area (Å²) in [6.07, 6.45) is 5.93. The Bertz CT molecular complexity index is 407. The Hall–Kier alpha value is -1.36. The third-order valence-corrected chi connectivity index (χ3v) is 3.40. The van der Waals surface area contributed by atoms with Gasteiger partial charge in [0.25, 0.3) is 0 Å². The number of imidazole rings is 1. The van der Waals surface area contributed by atoms with Crippen LogP contribution in [0.15, 0.2) is 12.4 Å². The van der Waals surface area contributed by atoms with Gasteiger partial charge in [-0.3, -0.25) is 4.79 Å². The van der Waals surface area contributed by atoms with Crippen molar-refractivity contribution in [1.29, 1.82) is 0 Å². The molecule has 1 saturated heterocycles. The SMILES string of the molecule is CC(C)CNCc1nccn1CC(=O)N1CCCC1. The Labute approximate surface area is 115 Å². The van der Waals surface area contributed by atoms with Crippen LogP contribution in [-0.2, 0) is 17.9 Å². The lowest BCUT2D eigenvalue weighted by Crippen LogP contribution is -2.32. The van der Waals surface area contributed by atoms with Gasteiger partial charge in [-0.1, -0.05) is 13.8 Å². The van der Waals surface area contributed by atoms with Crippen LogP contribution < -0.4 is 5.32 Å². The standard InChI is InChI=1S/C14H24N4O/c1-12(2)9-15-10-13-16-5-8-18(13)11-14(19)17-6-3-4-7-17/h5,8,12,15H,3-4,6-7,9-11H2,1-2H3. The van der Waals surface area contributed by atoms with Crippen LogP contribution in [0, 0.1) is 5.92 Å². The fraction of sp³-hybridized carbons (Fsp3) is 0.714. The van der Waals surface area contributed by atoms with E-state index in [1.807, 2.05) is 15.7 Å². The number of rotatable bonds is 6. The summed E-state index contributed by atoms with van der Waals surface area (Å²) in [5, 5.41) is 3.36. The minimum absolute atomic E-state index is 0.209. The van der Waals surface area contributed by atoms with E-state index in [0.717, 1.165) is 44.8 Å². The van der Waals surface area contributed by atoms with Crippen molar-refractivity contribution in [2.45, 2.75) is 39.8 Å². The summed E-state index contributed by atoms with van der Waals surface area (Å²) >= 11 is 0. The first-order valence-corrected chi connectivity index (χ1v) is 7.15. The van der Waals surface area contributed by atoms with E-state index >= 15 is 0 Å². The number of nitrogens with one attached hydrogen (secondary N) is 1. The third-order valence-electron chi connectivity index (χ3n) is 3.40. The first-order valence-electron chi connectivity index (χ1n) is 7.15. The van der Waals surface area contributed by atoms with Gasteiger partial charge in [0.2, 0.25) is 5.91 Å². The molecule has 0 aliphatic carbocycles. The van der Waals surface area contributed by atoms with Crippen LogP contribution in [0.2, 0.25) is 0 Å². The maximum Gasteiger partial charge on any atom is 0.242 e. The number of nitrogens with zero attached hydrogens (tertiary/aromatic N) is 3. The molecule has 0 saturated carbocycles. The van der Waals surface area contributed by atoms with Crippen LogP contribution in [0.25, 0.3) is 0 Å². The van der Waals surface area contributed by atoms with Gasteiger partial charge in [0.05, 0.1) is 6.54 Å². The van der Waals surface area contributed by atoms with E-state index in [2.05, 4.69) is 24.1 Å². The number of hydrogen-bond donors (Lipinski definition) is 1. The number of carbonyl (C=O) groups excluding carboxylic acids is 1. The Kier molecular flexibility index (Phi) is 4.96. The van der Waals surface area contributed by atoms with Gasteiger partial charge >= 0.3 is 0 Å². The van der Waals surface area contributed by atoms with Gasteiger partial charge < -0.3 is 14.8 Å². The van der Waals surface area contributed by atoms with E-state index in [1.54, 1.807) is 6.20 Å². The lowest BCUT2D eigenvalue weighted by Gasteiger charge is -2.16. The average Bonchev–Trinajstić information content (AvgIpc) is 3.00. The zero-order chi connectivity index (χ0) is 13.7. The molecule has 1 aromatic rings. The van der Waals surface area contributed by atoms with E-state index in [1.165, 1.54) is 0 Å². The number of carbonyl (C=O) groups is 1. The highest BCUT2D eigenvalue weighted by Crippen LogP contribution is 2.09. The predicted molar refractivity (Wildman–Crippen MR) is 74.6 cm³/mol. The molecule has 1 aliphatic rings. The molecule has 1 N–H and O–H groups in total. The first-order chi connectivity index (χ1) is 9.16. The van der Waals surface area contributed by atoms with E-state index < -0.39 is 0 Å². The van der Waals surface area contributed by atoms with Crippen LogP contribution in [0.1, 0.15) is 32.5 Å². The zero-order valence-corrected chi connectivity index (χ0v) is 11.9. The van der Waals surface area contributed by atoms with Crippen LogP contribution >= 0.6 is 0 Å². The second kappa shape index (κ2) is 6.70. The summed E-state index contributed by atoms with van der Waals surface area (Å²) in [6, 6.07) is 0. The largest absolute Gasteiger partial charge is 0.341 e. The Morgan fingerprint density at radius 1 is 1.42 bits per heavy atom. The minimum Gasteiger partial charge on any atom is -0.341 e. The first kappa shape index (κ1) is 14.1. The molecule has 19 heavy (non-hydrogen) atoms. The number of aromatic nitrogens is 2. The topological polar surface area (TPSA) is 50.2 Å². The predicted octanol–water partition coefficient (Wildman–Crippen LogP) is 1.25. The van der Waals surface area contributed by atoms with Crippen LogP contribution in [0.5, 0.6) is 0 Å². The third kappa shape index (κ3) is 4.06. The van der Waals surface area contributed by atoms with Crippen molar-refractivity contribution in [3.63, 3.8) is 0 Å². The minimum atomic E-state index is 0.209. The summed E-state index contributed by atoms with van der Waals surface area (Å²) in [5.41, 5.74) is 0. The van der Waals surface area contributed by atoms with Gasteiger partial charge in [0.1, 0.15) is 12.4 Å². The molecule has 2 heterocycles. The van der Waals surface area contributed by atoms with Crippen molar-refractivity contribution >= 4 is 5.91 Å². The highest BCUT2D eigenvalue weighted by molar-refractivity contribution is 5.76. The fourth-order valence-corrected chi connectivity index (χ4v) is 2.34. The molecule has 1 amide bonds. The van der Waals surface area contributed by atoms with Crippen LogP contribution in [0.4, 0.5) is 0 Å². The number of amides is 1. The molecule has 2 rings (SSSR count). The highest BCUT2D eigenvalue weighted by Gasteiger charge is 2.18. The van der Waals surface area contributed by atoms with E-state index in [9.17, 15) is 4.79 Å². The molecule has 0 radical (unpaired) electrons. The zero-order valence-electron chi connectivity index (χ0n) is 11.9. The van der Waals surface area contributed by atoms with Crippen molar-refractivity contribution in [3.05, 3.63) is 18.2 Å². The molecule has 0 atom stereocenters. The monoisotopic (exact) mass is 264 g/mol. The molecular weight excluding hydrogens is 240 g/mol. The maximum atomic E-state index is 12.1. The van der Waals surface area contributed by atoms with Gasteiger partial charge in [0.15, 0.2) is 0 Å². The molecule has 5 heteroatoms. The quantitative estimate of drug-likeness (QED) is 0.841. The van der Waals surface area contributed by atoms with Crippen molar-refractivity contribution in [3.8, 4) is 0 Å². The van der Waals surface area contributed by atoms with Crippen LogP contribution in [0.3, 0.4) is 0 Å². The highest BCUT2D eigenvalue weighted by atomic mass is 16.2. The van der Waals surface area contributed by atoms with Gasteiger partial charge in [-0.15, -0.1) is 0 Å². The molecule has 5 nitrogen and oxygen atoms in total. The van der Waals surface area contributed by atoms with Gasteiger partial charge in [-0.05, 0) is 25.3 Å². The second-order valence-corrected chi connectivity index (χ2v) is 5.58. The van der Waals surface area contributed by atoms with Gasteiger partial charge in [-0.25, -0.2) is 4.98 Å². The Balaban J connectivity index is 1.86. The van der Waals surface area contributed by atoms with Crippen molar-refractivity contribution in [2.75, 3.05) is 19.6 Å². The number of hydrogen-bond acceptors (Lipinski definition) is 3. The van der Waals surface area contributed by atoms with E-state index in [0.29, 0.717) is 12.5 Å². The normalized spacial score (nSPS) is 15.4. The van der Waals surface area contributed by atoms with Crippen molar-refractivity contribution in [2.24, 2.45) is 5.92 Å². The van der Waals surface area contributed by atoms with Crippen molar-refractivity contribution in [1.82, 2.24) is 19.8 Å². The summed E-state index contributed by atoms with van der Waals surface area (Å²) in [7, 11) is 0. The molecular formula is C14H24N4O. The lowest BCUT2D eigenvalue weighted by atomic mass is 10.2. The maximum absolute atomic E-state index is 12.1. The van der Waals surface area contributed by atoms with Gasteiger partial charge in [-0.2, -0.15) is 0 Å². The lowest BCUT2D eigenvalue weighted by molar-refractivity contribution is -0.130. The smallest absolute Gasteiger partial charge is 0.242 e. The molecule has 0 spiro atoms. The Morgan fingerprint density at radius 2 is 2.16 bits per heavy atom. The molecule has 1 fully saturated rings. The Morgan fingerprint density at radius 3 is 2.84 bits per heavy atom. The molecule has 0 bridgehead atoms. The average molecular weight is 264 g/mol.